The van der Waals surface area contributed by atoms with Gasteiger partial charge >= 0.3 is 0 Å². The van der Waals surface area contributed by atoms with Crippen molar-refractivity contribution in [2.45, 2.75) is 39.2 Å². The van der Waals surface area contributed by atoms with E-state index in [9.17, 15) is 14.4 Å². The van der Waals surface area contributed by atoms with Gasteiger partial charge in [0.25, 0.3) is 5.91 Å². The zero-order valence-electron chi connectivity index (χ0n) is 14.5. The van der Waals surface area contributed by atoms with Gasteiger partial charge in [0.2, 0.25) is 11.8 Å². The average molecular weight is 341 g/mol. The molecule has 3 rings (SSSR count). The number of carbonyl (C=O) groups is 3. The van der Waals surface area contributed by atoms with Crippen molar-refractivity contribution in [1.29, 1.82) is 0 Å². The van der Waals surface area contributed by atoms with E-state index in [2.05, 4.69) is 10.7 Å². The highest BCUT2D eigenvalue weighted by Gasteiger charge is 2.42. The lowest BCUT2D eigenvalue weighted by molar-refractivity contribution is -0.139. The van der Waals surface area contributed by atoms with Crippen LogP contribution in [0.3, 0.4) is 0 Å². The van der Waals surface area contributed by atoms with E-state index in [-0.39, 0.29) is 35.6 Å². The smallest absolute Gasteiger partial charge is 0.251 e. The Kier molecular flexibility index (Phi) is 4.88. The molecule has 132 valence electrons. The highest BCUT2D eigenvalue weighted by Crippen LogP contribution is 2.32. The Morgan fingerprint density at radius 2 is 2.00 bits per heavy atom. The number of anilines is 1. The minimum atomic E-state index is -0.337. The zero-order valence-corrected chi connectivity index (χ0v) is 14.5. The number of nitrogens with zero attached hydrogens (tertiary/aromatic N) is 1. The van der Waals surface area contributed by atoms with Crippen LogP contribution in [0.4, 0.5) is 5.69 Å². The van der Waals surface area contributed by atoms with Crippen molar-refractivity contribution in [2.75, 3.05) is 5.01 Å². The number of allylic oxidation sites excluding steroid dienone is 2. The van der Waals surface area contributed by atoms with Gasteiger partial charge in [-0.15, -0.1) is 0 Å². The van der Waals surface area contributed by atoms with Crippen molar-refractivity contribution in [3.05, 3.63) is 42.0 Å². The molecule has 25 heavy (non-hydrogen) atoms. The second-order valence-corrected chi connectivity index (χ2v) is 6.64. The average Bonchev–Trinajstić information content (AvgIpc) is 2.64. The molecule has 1 fully saturated rings. The molecule has 1 aromatic rings. The topological polar surface area (TPSA) is 78.5 Å². The first-order valence-electron chi connectivity index (χ1n) is 8.71. The number of hydrogen-bond acceptors (Lipinski definition) is 3. The fraction of sp³-hybridized carbons (Fsp3) is 0.421. The number of rotatable bonds is 4. The molecule has 1 aliphatic carbocycles. The van der Waals surface area contributed by atoms with Gasteiger partial charge in [0.1, 0.15) is 0 Å². The highest BCUT2D eigenvalue weighted by atomic mass is 16.2. The molecule has 6 nitrogen and oxygen atoms in total. The molecule has 0 aromatic heterocycles. The van der Waals surface area contributed by atoms with Crippen molar-refractivity contribution in [3.63, 3.8) is 0 Å². The summed E-state index contributed by atoms with van der Waals surface area (Å²) in [5, 5.41) is 4.18. The van der Waals surface area contributed by atoms with Crippen LogP contribution in [0, 0.1) is 11.8 Å². The SMILES string of the molecule is CCC(C)NC(=O)c1cccc(N2NC(=O)C3CC=CCC3C2=O)c1. The molecule has 0 bridgehead atoms. The number of benzene rings is 1. The second kappa shape index (κ2) is 7.09. The minimum absolute atomic E-state index is 0.0715. The summed E-state index contributed by atoms with van der Waals surface area (Å²) in [5.74, 6) is -1.11. The first-order chi connectivity index (χ1) is 12.0. The van der Waals surface area contributed by atoms with Crippen LogP contribution in [0.1, 0.15) is 43.5 Å². The second-order valence-electron chi connectivity index (χ2n) is 6.64. The third-order valence-corrected chi connectivity index (χ3v) is 4.89. The highest BCUT2D eigenvalue weighted by molar-refractivity contribution is 6.05. The van der Waals surface area contributed by atoms with E-state index in [1.165, 1.54) is 5.01 Å². The van der Waals surface area contributed by atoms with E-state index < -0.39 is 0 Å². The number of amides is 3. The van der Waals surface area contributed by atoms with Gasteiger partial charge < -0.3 is 5.32 Å². The maximum atomic E-state index is 12.8. The predicted molar refractivity (Wildman–Crippen MR) is 94.6 cm³/mol. The molecule has 1 heterocycles. The molecule has 3 atom stereocenters. The maximum Gasteiger partial charge on any atom is 0.251 e. The molecular weight excluding hydrogens is 318 g/mol. The molecule has 0 spiro atoms. The monoisotopic (exact) mass is 341 g/mol. The van der Waals surface area contributed by atoms with Crippen LogP contribution in [0.2, 0.25) is 0 Å². The van der Waals surface area contributed by atoms with Gasteiger partial charge in [-0.2, -0.15) is 0 Å². The van der Waals surface area contributed by atoms with Gasteiger partial charge in [0.05, 0.1) is 17.5 Å². The summed E-state index contributed by atoms with van der Waals surface area (Å²) >= 11 is 0. The molecule has 2 N–H and O–H groups in total. The summed E-state index contributed by atoms with van der Waals surface area (Å²) in [6.45, 7) is 3.94. The van der Waals surface area contributed by atoms with Crippen LogP contribution in [0.25, 0.3) is 0 Å². The Balaban J connectivity index is 1.83. The molecule has 0 radical (unpaired) electrons. The first-order valence-corrected chi connectivity index (χ1v) is 8.71. The van der Waals surface area contributed by atoms with Crippen molar-refractivity contribution in [1.82, 2.24) is 10.7 Å². The van der Waals surface area contributed by atoms with Crippen molar-refractivity contribution < 1.29 is 14.4 Å². The molecule has 2 aliphatic rings. The Morgan fingerprint density at radius 3 is 2.72 bits per heavy atom. The van der Waals surface area contributed by atoms with E-state index >= 15 is 0 Å². The number of nitrogens with one attached hydrogen (secondary N) is 2. The molecule has 0 saturated carbocycles. The van der Waals surface area contributed by atoms with Crippen LogP contribution in [-0.2, 0) is 9.59 Å². The Labute approximate surface area is 147 Å². The van der Waals surface area contributed by atoms with E-state index in [4.69, 9.17) is 0 Å². The van der Waals surface area contributed by atoms with Crippen LogP contribution >= 0.6 is 0 Å². The van der Waals surface area contributed by atoms with Gasteiger partial charge in [0.15, 0.2) is 0 Å². The zero-order chi connectivity index (χ0) is 18.0. The molecule has 6 heteroatoms. The lowest BCUT2D eigenvalue weighted by Gasteiger charge is -2.38. The fourth-order valence-corrected chi connectivity index (χ4v) is 3.18. The third kappa shape index (κ3) is 3.43. The molecule has 1 saturated heterocycles. The summed E-state index contributed by atoms with van der Waals surface area (Å²) in [5.41, 5.74) is 3.65. The number of fused-ring (bicyclic) bond motifs is 1. The summed E-state index contributed by atoms with van der Waals surface area (Å²) in [6, 6.07) is 6.84. The largest absolute Gasteiger partial charge is 0.350 e. The Morgan fingerprint density at radius 1 is 1.28 bits per heavy atom. The lowest BCUT2D eigenvalue weighted by atomic mass is 9.80. The standard InChI is InChI=1S/C19H23N3O3/c1-3-12(2)20-17(23)13-7-6-8-14(11-13)22-19(25)16-10-5-4-9-15(16)18(24)21-22/h4-8,11-12,15-16H,3,9-10H2,1-2H3,(H,20,23)(H,21,24). The summed E-state index contributed by atoms with van der Waals surface area (Å²) in [4.78, 5) is 37.4. The van der Waals surface area contributed by atoms with Gasteiger partial charge in [-0.25, -0.2) is 5.01 Å². The van der Waals surface area contributed by atoms with Crippen LogP contribution < -0.4 is 15.8 Å². The number of hydrazine groups is 1. The normalized spacial score (nSPS) is 23.7. The van der Waals surface area contributed by atoms with Crippen molar-refractivity contribution >= 4 is 23.4 Å². The van der Waals surface area contributed by atoms with E-state index in [1.807, 2.05) is 26.0 Å². The van der Waals surface area contributed by atoms with Crippen LogP contribution in [-0.4, -0.2) is 23.8 Å². The Hall–Kier alpha value is -2.63. The quantitative estimate of drug-likeness (QED) is 0.824. The van der Waals surface area contributed by atoms with Crippen LogP contribution in [0.15, 0.2) is 36.4 Å². The molecule has 1 aromatic carbocycles. The number of carbonyl (C=O) groups excluding carboxylic acids is 3. The molecule has 3 unspecified atom stereocenters. The van der Waals surface area contributed by atoms with E-state index in [0.29, 0.717) is 24.1 Å². The van der Waals surface area contributed by atoms with Gasteiger partial charge in [-0.3, -0.25) is 19.8 Å². The minimum Gasteiger partial charge on any atom is -0.350 e. The molecular formula is C19H23N3O3. The summed E-state index contributed by atoms with van der Waals surface area (Å²) in [6.07, 6.45) is 5.90. The van der Waals surface area contributed by atoms with E-state index in [0.717, 1.165) is 6.42 Å². The van der Waals surface area contributed by atoms with Crippen molar-refractivity contribution in [3.8, 4) is 0 Å². The summed E-state index contributed by atoms with van der Waals surface area (Å²) < 4.78 is 0. The van der Waals surface area contributed by atoms with Gasteiger partial charge in [0, 0.05) is 11.6 Å². The summed E-state index contributed by atoms with van der Waals surface area (Å²) in [7, 11) is 0. The predicted octanol–water partition coefficient (Wildman–Crippen LogP) is 2.18. The Bertz CT molecular complexity index is 728. The fourth-order valence-electron chi connectivity index (χ4n) is 3.18. The third-order valence-electron chi connectivity index (χ3n) is 4.89. The van der Waals surface area contributed by atoms with Crippen molar-refractivity contribution in [2.24, 2.45) is 11.8 Å². The molecule has 3 amide bonds. The van der Waals surface area contributed by atoms with E-state index in [1.54, 1.807) is 24.3 Å². The first kappa shape index (κ1) is 17.2. The maximum absolute atomic E-state index is 12.8. The van der Waals surface area contributed by atoms with Gasteiger partial charge in [-0.05, 0) is 44.4 Å². The number of hydrogen-bond donors (Lipinski definition) is 2. The van der Waals surface area contributed by atoms with Gasteiger partial charge in [-0.1, -0.05) is 25.1 Å². The molecule has 1 aliphatic heterocycles. The van der Waals surface area contributed by atoms with Crippen LogP contribution in [0.5, 0.6) is 0 Å². The lowest BCUT2D eigenvalue weighted by Crippen LogP contribution is -2.59.